The van der Waals surface area contributed by atoms with Crippen molar-refractivity contribution in [2.24, 2.45) is 5.92 Å². The normalized spacial score (nSPS) is 13.8. The zero-order valence-corrected chi connectivity index (χ0v) is 9.18. The molecule has 1 unspecified atom stereocenters. The predicted octanol–water partition coefficient (Wildman–Crippen LogP) is 2.21. The summed E-state index contributed by atoms with van der Waals surface area (Å²) >= 11 is 0. The molecule has 0 rings (SSSR count). The zero-order chi connectivity index (χ0) is 9.94. The van der Waals surface area contributed by atoms with Gasteiger partial charge in [-0.05, 0) is 18.9 Å². The van der Waals surface area contributed by atoms with Crippen LogP contribution < -0.4 is 5.32 Å². The Morgan fingerprint density at radius 2 is 2.15 bits per heavy atom. The molecule has 13 heavy (non-hydrogen) atoms. The van der Waals surface area contributed by atoms with E-state index >= 15 is 0 Å². The summed E-state index contributed by atoms with van der Waals surface area (Å²) in [5.74, 6) is 0.721. The maximum Gasteiger partial charge on any atom is 0.0587 e. The standard InChI is InChI=1S/C11H23NO/c1-4-11(2)7-5-6-8-12-9-10-13-3/h5,7,11-12H,4,6,8-10H2,1-3H3/b7-5+. The summed E-state index contributed by atoms with van der Waals surface area (Å²) in [6, 6.07) is 0. The molecule has 1 atom stereocenters. The maximum atomic E-state index is 4.92. The fraction of sp³-hybridized carbons (Fsp3) is 0.818. The summed E-state index contributed by atoms with van der Waals surface area (Å²) in [4.78, 5) is 0. The van der Waals surface area contributed by atoms with Crippen molar-refractivity contribution in [3.8, 4) is 0 Å². The van der Waals surface area contributed by atoms with E-state index in [2.05, 4.69) is 31.3 Å². The Morgan fingerprint density at radius 3 is 2.77 bits per heavy atom. The van der Waals surface area contributed by atoms with Gasteiger partial charge in [0.25, 0.3) is 0 Å². The van der Waals surface area contributed by atoms with E-state index in [4.69, 9.17) is 4.74 Å². The van der Waals surface area contributed by atoms with Crippen LogP contribution in [0.2, 0.25) is 0 Å². The van der Waals surface area contributed by atoms with Crippen molar-refractivity contribution in [3.63, 3.8) is 0 Å². The van der Waals surface area contributed by atoms with Crippen molar-refractivity contribution in [2.45, 2.75) is 26.7 Å². The third-order valence-corrected chi connectivity index (χ3v) is 2.08. The lowest BCUT2D eigenvalue weighted by molar-refractivity contribution is 0.199. The number of methoxy groups -OCH3 is 1. The molecular formula is C11H23NO. The van der Waals surface area contributed by atoms with Crippen LogP contribution in [0.5, 0.6) is 0 Å². The van der Waals surface area contributed by atoms with Crippen molar-refractivity contribution in [1.29, 1.82) is 0 Å². The Kier molecular flexibility index (Phi) is 9.49. The molecule has 0 aromatic heterocycles. The fourth-order valence-corrected chi connectivity index (χ4v) is 0.949. The van der Waals surface area contributed by atoms with Crippen LogP contribution in [0.4, 0.5) is 0 Å². The average Bonchev–Trinajstić information content (AvgIpc) is 2.16. The van der Waals surface area contributed by atoms with Gasteiger partial charge in [-0.15, -0.1) is 0 Å². The first-order valence-electron chi connectivity index (χ1n) is 5.17. The third-order valence-electron chi connectivity index (χ3n) is 2.08. The number of rotatable bonds is 8. The number of hydrogen-bond donors (Lipinski definition) is 1. The molecule has 0 aromatic carbocycles. The van der Waals surface area contributed by atoms with Crippen LogP contribution in [-0.2, 0) is 4.74 Å². The van der Waals surface area contributed by atoms with Crippen LogP contribution in [0.25, 0.3) is 0 Å². The van der Waals surface area contributed by atoms with Crippen LogP contribution in [0.1, 0.15) is 26.7 Å². The molecule has 0 aliphatic heterocycles. The Hall–Kier alpha value is -0.340. The summed E-state index contributed by atoms with van der Waals surface area (Å²) in [6.45, 7) is 7.26. The van der Waals surface area contributed by atoms with E-state index in [1.165, 1.54) is 6.42 Å². The van der Waals surface area contributed by atoms with E-state index in [1.54, 1.807) is 7.11 Å². The van der Waals surface area contributed by atoms with Gasteiger partial charge >= 0.3 is 0 Å². The van der Waals surface area contributed by atoms with E-state index in [1.807, 2.05) is 0 Å². The van der Waals surface area contributed by atoms with Gasteiger partial charge in [0, 0.05) is 13.7 Å². The summed E-state index contributed by atoms with van der Waals surface area (Å²) < 4.78 is 4.92. The Bertz CT molecular complexity index is 123. The highest BCUT2D eigenvalue weighted by molar-refractivity contribution is 4.86. The van der Waals surface area contributed by atoms with Gasteiger partial charge in [-0.25, -0.2) is 0 Å². The molecule has 0 heterocycles. The summed E-state index contributed by atoms with van der Waals surface area (Å²) in [7, 11) is 1.73. The molecule has 0 spiro atoms. The number of nitrogens with one attached hydrogen (secondary N) is 1. The third kappa shape index (κ3) is 9.57. The van der Waals surface area contributed by atoms with Gasteiger partial charge in [-0.1, -0.05) is 32.4 Å². The summed E-state index contributed by atoms with van der Waals surface area (Å²) in [5, 5.41) is 3.30. The number of hydrogen-bond acceptors (Lipinski definition) is 2. The van der Waals surface area contributed by atoms with Crippen molar-refractivity contribution >= 4 is 0 Å². The maximum absolute atomic E-state index is 4.92. The van der Waals surface area contributed by atoms with Gasteiger partial charge < -0.3 is 10.1 Å². The SMILES string of the molecule is CCC(C)/C=C/CCNCCOC. The van der Waals surface area contributed by atoms with Crippen molar-refractivity contribution in [1.82, 2.24) is 5.32 Å². The minimum atomic E-state index is 0.721. The van der Waals surface area contributed by atoms with Gasteiger partial charge in [0.15, 0.2) is 0 Å². The average molecular weight is 185 g/mol. The van der Waals surface area contributed by atoms with Crippen molar-refractivity contribution in [2.75, 3.05) is 26.8 Å². The highest BCUT2D eigenvalue weighted by Gasteiger charge is 1.89. The first kappa shape index (κ1) is 12.7. The molecule has 0 fully saturated rings. The minimum Gasteiger partial charge on any atom is -0.383 e. The summed E-state index contributed by atoms with van der Waals surface area (Å²) in [6.07, 6.45) is 6.90. The zero-order valence-electron chi connectivity index (χ0n) is 9.18. The molecular weight excluding hydrogens is 162 g/mol. The number of allylic oxidation sites excluding steroid dienone is 1. The van der Waals surface area contributed by atoms with E-state index in [9.17, 15) is 0 Å². The van der Waals surface area contributed by atoms with Gasteiger partial charge in [0.1, 0.15) is 0 Å². The lowest BCUT2D eigenvalue weighted by Crippen LogP contribution is -2.19. The molecule has 2 heteroatoms. The molecule has 78 valence electrons. The monoisotopic (exact) mass is 185 g/mol. The predicted molar refractivity (Wildman–Crippen MR) is 58.0 cm³/mol. The highest BCUT2D eigenvalue weighted by Crippen LogP contribution is 2.01. The highest BCUT2D eigenvalue weighted by atomic mass is 16.5. The van der Waals surface area contributed by atoms with Gasteiger partial charge in [-0.2, -0.15) is 0 Å². The van der Waals surface area contributed by atoms with Crippen molar-refractivity contribution in [3.05, 3.63) is 12.2 Å². The molecule has 0 aliphatic carbocycles. The Balaban J connectivity index is 3.10. The number of ether oxygens (including phenoxy) is 1. The molecule has 0 saturated heterocycles. The van der Waals surface area contributed by atoms with Crippen LogP contribution in [0, 0.1) is 5.92 Å². The molecule has 0 bridgehead atoms. The van der Waals surface area contributed by atoms with E-state index in [-0.39, 0.29) is 0 Å². The molecule has 0 amide bonds. The van der Waals surface area contributed by atoms with Gasteiger partial charge in [0.2, 0.25) is 0 Å². The molecule has 2 nitrogen and oxygen atoms in total. The fourth-order valence-electron chi connectivity index (χ4n) is 0.949. The van der Waals surface area contributed by atoms with Crippen molar-refractivity contribution < 1.29 is 4.74 Å². The van der Waals surface area contributed by atoms with E-state index < -0.39 is 0 Å². The molecule has 1 N–H and O–H groups in total. The molecule has 0 radical (unpaired) electrons. The lowest BCUT2D eigenvalue weighted by atomic mass is 10.1. The quantitative estimate of drug-likeness (QED) is 0.462. The van der Waals surface area contributed by atoms with Crippen LogP contribution in [-0.4, -0.2) is 26.8 Å². The second-order valence-corrected chi connectivity index (χ2v) is 3.35. The van der Waals surface area contributed by atoms with E-state index in [0.717, 1.165) is 32.0 Å². The Morgan fingerprint density at radius 1 is 1.38 bits per heavy atom. The molecule has 0 aliphatic rings. The first-order valence-corrected chi connectivity index (χ1v) is 5.17. The topological polar surface area (TPSA) is 21.3 Å². The smallest absolute Gasteiger partial charge is 0.0587 e. The minimum absolute atomic E-state index is 0.721. The molecule has 0 saturated carbocycles. The van der Waals surface area contributed by atoms with Crippen LogP contribution >= 0.6 is 0 Å². The second kappa shape index (κ2) is 9.75. The largest absolute Gasteiger partial charge is 0.383 e. The molecule has 0 aromatic rings. The first-order chi connectivity index (χ1) is 6.31. The second-order valence-electron chi connectivity index (χ2n) is 3.35. The van der Waals surface area contributed by atoms with E-state index in [0.29, 0.717) is 0 Å². The van der Waals surface area contributed by atoms with Crippen LogP contribution in [0.3, 0.4) is 0 Å². The summed E-state index contributed by atoms with van der Waals surface area (Å²) in [5.41, 5.74) is 0. The lowest BCUT2D eigenvalue weighted by Gasteiger charge is -2.02. The van der Waals surface area contributed by atoms with Gasteiger partial charge in [0.05, 0.1) is 6.61 Å². The van der Waals surface area contributed by atoms with Crippen LogP contribution in [0.15, 0.2) is 12.2 Å². The van der Waals surface area contributed by atoms with Gasteiger partial charge in [-0.3, -0.25) is 0 Å². The Labute approximate surface area is 82.4 Å².